The highest BCUT2D eigenvalue weighted by atomic mass is 16.3. The molecule has 0 radical (unpaired) electrons. The molecule has 23 heavy (non-hydrogen) atoms. The van der Waals surface area contributed by atoms with Gasteiger partial charge in [-0.2, -0.15) is 0 Å². The highest BCUT2D eigenvalue weighted by molar-refractivity contribution is 5.93. The van der Waals surface area contributed by atoms with Gasteiger partial charge in [0.2, 0.25) is 0 Å². The Morgan fingerprint density at radius 2 is 1.83 bits per heavy atom. The third-order valence-corrected chi connectivity index (χ3v) is 4.55. The maximum atomic E-state index is 10.5. The molecular formula is C20H20N2O. The number of hydrogen-bond acceptors (Lipinski definition) is 3. The van der Waals surface area contributed by atoms with Gasteiger partial charge in [-0.05, 0) is 30.9 Å². The summed E-state index contributed by atoms with van der Waals surface area (Å²) < 4.78 is 0. The molecule has 0 fully saturated rings. The first-order chi connectivity index (χ1) is 11.3. The Morgan fingerprint density at radius 1 is 1.04 bits per heavy atom. The molecule has 3 nitrogen and oxygen atoms in total. The standard InChI is InChI=1S/C20H20N2O/c23-18-12-6-11-17-19(18)20(15-9-4-5-10-16(15)22-17)21-13-14-7-2-1-3-8-14/h1-5,7-10,18,23H,6,11-13H2,(H,21,22)/t18-/m0/s1. The van der Waals surface area contributed by atoms with Crippen molar-refractivity contribution in [2.24, 2.45) is 0 Å². The van der Waals surface area contributed by atoms with Gasteiger partial charge in [-0.1, -0.05) is 48.5 Å². The van der Waals surface area contributed by atoms with Gasteiger partial charge in [-0.15, -0.1) is 0 Å². The Balaban J connectivity index is 1.81. The van der Waals surface area contributed by atoms with E-state index in [1.807, 2.05) is 36.4 Å². The van der Waals surface area contributed by atoms with Crippen molar-refractivity contribution in [1.29, 1.82) is 0 Å². The van der Waals surface area contributed by atoms with E-state index in [2.05, 4.69) is 23.5 Å². The number of aryl methyl sites for hydroxylation is 1. The Labute approximate surface area is 136 Å². The van der Waals surface area contributed by atoms with Crippen LogP contribution < -0.4 is 5.32 Å². The molecule has 0 aliphatic heterocycles. The van der Waals surface area contributed by atoms with Crippen molar-refractivity contribution in [1.82, 2.24) is 4.98 Å². The SMILES string of the molecule is O[C@H]1CCCc2nc3ccccc3c(NCc3ccccc3)c21. The molecule has 1 aromatic heterocycles. The van der Waals surface area contributed by atoms with E-state index in [0.717, 1.165) is 53.7 Å². The minimum absolute atomic E-state index is 0.422. The third kappa shape index (κ3) is 2.68. The quantitative estimate of drug-likeness (QED) is 0.761. The van der Waals surface area contributed by atoms with Crippen LogP contribution in [0, 0.1) is 0 Å². The maximum Gasteiger partial charge on any atom is 0.0828 e. The maximum absolute atomic E-state index is 10.5. The fourth-order valence-corrected chi connectivity index (χ4v) is 3.41. The van der Waals surface area contributed by atoms with Crippen molar-refractivity contribution in [2.45, 2.75) is 31.9 Å². The van der Waals surface area contributed by atoms with Gasteiger partial charge in [0.25, 0.3) is 0 Å². The van der Waals surface area contributed by atoms with Crippen LogP contribution in [0.25, 0.3) is 10.9 Å². The molecule has 0 saturated carbocycles. The van der Waals surface area contributed by atoms with E-state index in [-0.39, 0.29) is 0 Å². The van der Waals surface area contributed by atoms with Crippen molar-refractivity contribution >= 4 is 16.6 Å². The molecule has 1 atom stereocenters. The van der Waals surface area contributed by atoms with Crippen LogP contribution in [0.1, 0.15) is 35.8 Å². The zero-order valence-electron chi connectivity index (χ0n) is 13.0. The van der Waals surface area contributed by atoms with E-state index in [4.69, 9.17) is 4.98 Å². The van der Waals surface area contributed by atoms with Crippen LogP contribution in [0.15, 0.2) is 54.6 Å². The molecule has 3 heteroatoms. The van der Waals surface area contributed by atoms with Crippen LogP contribution in [0.3, 0.4) is 0 Å². The number of fused-ring (bicyclic) bond motifs is 2. The molecule has 0 saturated heterocycles. The summed E-state index contributed by atoms with van der Waals surface area (Å²) in [6.07, 6.45) is 2.33. The summed E-state index contributed by atoms with van der Waals surface area (Å²) >= 11 is 0. The van der Waals surface area contributed by atoms with Gasteiger partial charge < -0.3 is 10.4 Å². The summed E-state index contributed by atoms with van der Waals surface area (Å²) in [5.41, 5.74) is 5.30. The molecule has 1 aliphatic rings. The van der Waals surface area contributed by atoms with Gasteiger partial charge in [0.1, 0.15) is 0 Å². The summed E-state index contributed by atoms with van der Waals surface area (Å²) in [5.74, 6) is 0. The average Bonchev–Trinajstić information content (AvgIpc) is 2.60. The predicted molar refractivity (Wildman–Crippen MR) is 93.4 cm³/mol. The molecular weight excluding hydrogens is 284 g/mol. The van der Waals surface area contributed by atoms with Crippen molar-refractivity contribution in [2.75, 3.05) is 5.32 Å². The number of aliphatic hydroxyl groups excluding tert-OH is 1. The first kappa shape index (κ1) is 14.2. The van der Waals surface area contributed by atoms with Crippen LogP contribution in [0.5, 0.6) is 0 Å². The lowest BCUT2D eigenvalue weighted by Gasteiger charge is -2.25. The second-order valence-corrected chi connectivity index (χ2v) is 6.11. The molecule has 1 aliphatic carbocycles. The largest absolute Gasteiger partial charge is 0.388 e. The molecule has 0 spiro atoms. The predicted octanol–water partition coefficient (Wildman–Crippen LogP) is 4.22. The molecule has 0 bridgehead atoms. The molecule has 1 heterocycles. The lowest BCUT2D eigenvalue weighted by atomic mass is 9.90. The van der Waals surface area contributed by atoms with Gasteiger partial charge in [0, 0.05) is 23.2 Å². The lowest BCUT2D eigenvalue weighted by molar-refractivity contribution is 0.156. The number of nitrogens with one attached hydrogen (secondary N) is 1. The topological polar surface area (TPSA) is 45.2 Å². The molecule has 3 aromatic rings. The van der Waals surface area contributed by atoms with Crippen molar-refractivity contribution in [3.63, 3.8) is 0 Å². The number of nitrogens with zero attached hydrogens (tertiary/aromatic N) is 1. The minimum atomic E-state index is -0.422. The summed E-state index contributed by atoms with van der Waals surface area (Å²) in [6, 6.07) is 18.5. The van der Waals surface area contributed by atoms with Crippen LogP contribution in [-0.4, -0.2) is 10.1 Å². The molecule has 116 valence electrons. The second kappa shape index (κ2) is 6.01. The fourth-order valence-electron chi connectivity index (χ4n) is 3.41. The molecule has 0 amide bonds. The van der Waals surface area contributed by atoms with E-state index in [9.17, 15) is 5.11 Å². The number of hydrogen-bond donors (Lipinski definition) is 2. The number of rotatable bonds is 3. The lowest BCUT2D eigenvalue weighted by Crippen LogP contribution is -2.15. The molecule has 0 unspecified atom stereocenters. The number of pyridine rings is 1. The van der Waals surface area contributed by atoms with Crippen LogP contribution in [0.2, 0.25) is 0 Å². The number of benzene rings is 2. The third-order valence-electron chi connectivity index (χ3n) is 4.55. The van der Waals surface area contributed by atoms with E-state index < -0.39 is 6.10 Å². The normalized spacial score (nSPS) is 17.0. The van der Waals surface area contributed by atoms with E-state index in [1.54, 1.807) is 0 Å². The Bertz CT molecular complexity index is 830. The van der Waals surface area contributed by atoms with E-state index >= 15 is 0 Å². The Kier molecular flexibility index (Phi) is 3.72. The smallest absolute Gasteiger partial charge is 0.0828 e. The molecule has 2 N–H and O–H groups in total. The summed E-state index contributed by atoms with van der Waals surface area (Å²) in [4.78, 5) is 4.78. The summed E-state index contributed by atoms with van der Waals surface area (Å²) in [6.45, 7) is 0.744. The van der Waals surface area contributed by atoms with Crippen LogP contribution in [-0.2, 0) is 13.0 Å². The summed E-state index contributed by atoms with van der Waals surface area (Å²) in [5, 5.41) is 15.2. The molecule has 4 rings (SSSR count). The first-order valence-electron chi connectivity index (χ1n) is 8.20. The minimum Gasteiger partial charge on any atom is -0.388 e. The van der Waals surface area contributed by atoms with Gasteiger partial charge in [0.15, 0.2) is 0 Å². The highest BCUT2D eigenvalue weighted by Gasteiger charge is 2.24. The van der Waals surface area contributed by atoms with Gasteiger partial charge >= 0.3 is 0 Å². The van der Waals surface area contributed by atoms with Crippen molar-refractivity contribution in [3.8, 4) is 0 Å². The first-order valence-corrected chi connectivity index (χ1v) is 8.20. The van der Waals surface area contributed by atoms with Gasteiger partial charge in [-0.3, -0.25) is 4.98 Å². The summed E-state index contributed by atoms with van der Waals surface area (Å²) in [7, 11) is 0. The van der Waals surface area contributed by atoms with Gasteiger partial charge in [-0.25, -0.2) is 0 Å². The van der Waals surface area contributed by atoms with E-state index in [1.165, 1.54) is 5.56 Å². The van der Waals surface area contributed by atoms with Crippen molar-refractivity contribution in [3.05, 3.63) is 71.4 Å². The zero-order chi connectivity index (χ0) is 15.6. The average molecular weight is 304 g/mol. The molecule has 2 aromatic carbocycles. The second-order valence-electron chi connectivity index (χ2n) is 6.11. The zero-order valence-corrected chi connectivity index (χ0v) is 13.0. The van der Waals surface area contributed by atoms with Crippen molar-refractivity contribution < 1.29 is 5.11 Å². The Morgan fingerprint density at radius 3 is 2.70 bits per heavy atom. The van der Waals surface area contributed by atoms with E-state index in [0.29, 0.717) is 0 Å². The van der Waals surface area contributed by atoms with Crippen LogP contribution >= 0.6 is 0 Å². The number of aromatic nitrogens is 1. The fraction of sp³-hybridized carbons (Fsp3) is 0.250. The monoisotopic (exact) mass is 304 g/mol. The Hall–Kier alpha value is -2.39. The number of anilines is 1. The highest BCUT2D eigenvalue weighted by Crippen LogP contribution is 2.38. The van der Waals surface area contributed by atoms with Crippen LogP contribution in [0.4, 0.5) is 5.69 Å². The number of para-hydroxylation sites is 1. The van der Waals surface area contributed by atoms with Gasteiger partial charge in [0.05, 0.1) is 17.3 Å². The number of aliphatic hydroxyl groups is 1.